The number of hydrogen-bond acceptors (Lipinski definition) is 4. The minimum atomic E-state index is -0.937. The Bertz CT molecular complexity index is 732. The zero-order chi connectivity index (χ0) is 18.4. The third-order valence-electron chi connectivity index (χ3n) is 3.23. The molecule has 3 N–H and O–H groups in total. The summed E-state index contributed by atoms with van der Waals surface area (Å²) in [5.74, 6) is -0.937. The highest BCUT2D eigenvalue weighted by Gasteiger charge is 2.16. The Morgan fingerprint density at radius 1 is 0.960 bits per heavy atom. The molecule has 0 aliphatic heterocycles. The Morgan fingerprint density at radius 2 is 1.52 bits per heavy atom. The van der Waals surface area contributed by atoms with Crippen molar-refractivity contribution < 1.29 is 19.4 Å². The van der Waals surface area contributed by atoms with Crippen molar-refractivity contribution >= 4 is 23.4 Å². The summed E-state index contributed by atoms with van der Waals surface area (Å²) >= 11 is 0. The molecule has 25 heavy (non-hydrogen) atoms. The van der Waals surface area contributed by atoms with Crippen LogP contribution in [0, 0.1) is 0 Å². The van der Waals surface area contributed by atoms with Crippen LogP contribution in [0.5, 0.6) is 0 Å². The average Bonchev–Trinajstić information content (AvgIpc) is 2.53. The Balaban J connectivity index is 1.87. The first-order chi connectivity index (χ1) is 11.7. The number of carbonyl (C=O) groups excluding carboxylic acids is 1. The summed E-state index contributed by atoms with van der Waals surface area (Å²) in [4.78, 5) is 22.5. The van der Waals surface area contributed by atoms with Crippen LogP contribution in [0.25, 0.3) is 0 Å². The lowest BCUT2D eigenvalue weighted by atomic mass is 10.1. The molecule has 0 atom stereocenters. The van der Waals surface area contributed by atoms with Crippen LogP contribution in [0.2, 0.25) is 0 Å². The van der Waals surface area contributed by atoms with Gasteiger partial charge in [-0.25, -0.2) is 9.59 Å². The summed E-state index contributed by atoms with van der Waals surface area (Å²) in [6.07, 6.45) is -0.494. The van der Waals surface area contributed by atoms with Crippen molar-refractivity contribution in [3.8, 4) is 0 Å². The first kappa shape index (κ1) is 18.3. The number of benzene rings is 2. The topological polar surface area (TPSA) is 87.7 Å². The molecule has 1 amide bonds. The molecule has 0 spiro atoms. The number of aromatic carboxylic acids is 1. The molecule has 132 valence electrons. The molecule has 0 aliphatic carbocycles. The van der Waals surface area contributed by atoms with E-state index in [1.54, 1.807) is 36.4 Å². The Morgan fingerprint density at radius 3 is 2.04 bits per heavy atom. The second-order valence-corrected chi connectivity index (χ2v) is 6.56. The molecule has 6 heteroatoms. The molecule has 0 aromatic heterocycles. The van der Waals surface area contributed by atoms with E-state index in [1.165, 1.54) is 0 Å². The average molecular weight is 342 g/mol. The summed E-state index contributed by atoms with van der Waals surface area (Å²) in [5, 5.41) is 14.8. The largest absolute Gasteiger partial charge is 0.478 e. The van der Waals surface area contributed by atoms with E-state index in [4.69, 9.17) is 9.84 Å². The van der Waals surface area contributed by atoms with Crippen LogP contribution < -0.4 is 10.6 Å². The van der Waals surface area contributed by atoms with Crippen LogP contribution in [-0.2, 0) is 11.3 Å². The summed E-state index contributed by atoms with van der Waals surface area (Å²) < 4.78 is 5.20. The summed E-state index contributed by atoms with van der Waals surface area (Å²) in [6, 6.07) is 13.9. The third kappa shape index (κ3) is 6.18. The van der Waals surface area contributed by atoms with Gasteiger partial charge in [-0.1, -0.05) is 12.1 Å². The van der Waals surface area contributed by atoms with Crippen molar-refractivity contribution in [2.24, 2.45) is 0 Å². The zero-order valence-corrected chi connectivity index (χ0v) is 14.5. The lowest BCUT2D eigenvalue weighted by molar-refractivity contribution is 0.0634. The minimum Gasteiger partial charge on any atom is -0.478 e. The molecule has 0 unspecified atom stereocenters. The van der Waals surface area contributed by atoms with Gasteiger partial charge in [-0.2, -0.15) is 0 Å². The zero-order valence-electron chi connectivity index (χ0n) is 14.5. The van der Waals surface area contributed by atoms with Crippen LogP contribution >= 0.6 is 0 Å². The molecule has 6 nitrogen and oxygen atoms in total. The number of nitrogens with one attached hydrogen (secondary N) is 2. The lowest BCUT2D eigenvalue weighted by Gasteiger charge is -2.19. The smallest absolute Gasteiger partial charge is 0.412 e. The van der Waals surface area contributed by atoms with Crippen LogP contribution in [0.3, 0.4) is 0 Å². The highest BCUT2D eigenvalue weighted by Crippen LogP contribution is 2.16. The molecule has 0 fully saturated rings. The maximum atomic E-state index is 11.7. The number of amides is 1. The second-order valence-electron chi connectivity index (χ2n) is 6.56. The van der Waals surface area contributed by atoms with Gasteiger partial charge in [0.15, 0.2) is 0 Å². The van der Waals surface area contributed by atoms with E-state index < -0.39 is 17.7 Å². The fourth-order valence-electron chi connectivity index (χ4n) is 2.06. The number of anilines is 2. The van der Waals surface area contributed by atoms with Gasteiger partial charge >= 0.3 is 12.1 Å². The Kier molecular flexibility index (Phi) is 5.64. The Hall–Kier alpha value is -3.02. The summed E-state index contributed by atoms with van der Waals surface area (Å²) in [6.45, 7) is 5.99. The molecule has 0 heterocycles. The third-order valence-corrected chi connectivity index (χ3v) is 3.23. The van der Waals surface area contributed by atoms with Crippen LogP contribution in [-0.4, -0.2) is 22.8 Å². The highest BCUT2D eigenvalue weighted by atomic mass is 16.6. The molecule has 0 bridgehead atoms. The van der Waals surface area contributed by atoms with Crippen LogP contribution in [0.1, 0.15) is 36.7 Å². The predicted octanol–water partition coefficient (Wildman–Crippen LogP) is 4.34. The van der Waals surface area contributed by atoms with Gasteiger partial charge in [0.1, 0.15) is 5.60 Å². The molecule has 0 saturated carbocycles. The van der Waals surface area contributed by atoms with E-state index in [0.29, 0.717) is 12.2 Å². The molecule has 0 saturated heterocycles. The second kappa shape index (κ2) is 7.70. The summed E-state index contributed by atoms with van der Waals surface area (Å²) in [7, 11) is 0. The first-order valence-corrected chi connectivity index (χ1v) is 7.89. The van der Waals surface area contributed by atoms with Crippen LogP contribution in [0.15, 0.2) is 48.5 Å². The fourth-order valence-corrected chi connectivity index (χ4v) is 2.06. The number of ether oxygens (including phenoxy) is 1. The van der Waals surface area contributed by atoms with E-state index >= 15 is 0 Å². The number of carboxylic acid groups (broad SMARTS) is 1. The molecule has 2 rings (SSSR count). The predicted molar refractivity (Wildman–Crippen MR) is 97.0 cm³/mol. The fraction of sp³-hybridized carbons (Fsp3) is 0.263. The molecular weight excluding hydrogens is 320 g/mol. The van der Waals surface area contributed by atoms with Gasteiger partial charge in [0.2, 0.25) is 0 Å². The van der Waals surface area contributed by atoms with Gasteiger partial charge in [0.05, 0.1) is 5.56 Å². The van der Waals surface area contributed by atoms with Crippen molar-refractivity contribution in [3.05, 3.63) is 59.7 Å². The molecular formula is C19H22N2O4. The minimum absolute atomic E-state index is 0.265. The maximum Gasteiger partial charge on any atom is 0.412 e. The Labute approximate surface area is 146 Å². The standard InChI is InChI=1S/C19H22N2O4/c1-19(2,3)25-18(24)21-16-10-8-15(9-11-16)20-12-13-4-6-14(7-5-13)17(22)23/h4-11,20H,12H2,1-3H3,(H,21,24)(H,22,23). The number of carboxylic acids is 1. The number of carbonyl (C=O) groups is 2. The monoisotopic (exact) mass is 342 g/mol. The first-order valence-electron chi connectivity index (χ1n) is 7.89. The van der Waals surface area contributed by atoms with Gasteiger partial charge in [-0.15, -0.1) is 0 Å². The van der Waals surface area contributed by atoms with Gasteiger partial charge in [-0.3, -0.25) is 5.32 Å². The van der Waals surface area contributed by atoms with Crippen LogP contribution in [0.4, 0.5) is 16.2 Å². The van der Waals surface area contributed by atoms with E-state index in [2.05, 4.69) is 10.6 Å². The molecule has 2 aromatic carbocycles. The summed E-state index contributed by atoms with van der Waals surface area (Å²) in [5.41, 5.74) is 2.23. The quantitative estimate of drug-likeness (QED) is 0.752. The number of rotatable bonds is 5. The molecule has 0 aliphatic rings. The van der Waals surface area contributed by atoms with Crippen molar-refractivity contribution in [1.82, 2.24) is 0 Å². The number of hydrogen-bond donors (Lipinski definition) is 3. The molecule has 0 radical (unpaired) electrons. The van der Waals surface area contributed by atoms with Gasteiger partial charge in [0.25, 0.3) is 0 Å². The highest BCUT2D eigenvalue weighted by molar-refractivity contribution is 5.87. The van der Waals surface area contributed by atoms with Gasteiger partial charge in [-0.05, 0) is 62.7 Å². The molecule has 2 aromatic rings. The van der Waals surface area contributed by atoms with E-state index in [1.807, 2.05) is 32.9 Å². The lowest BCUT2D eigenvalue weighted by Crippen LogP contribution is -2.27. The van der Waals surface area contributed by atoms with E-state index in [0.717, 1.165) is 11.3 Å². The maximum absolute atomic E-state index is 11.7. The normalized spacial score (nSPS) is 10.8. The van der Waals surface area contributed by atoms with E-state index in [9.17, 15) is 9.59 Å². The van der Waals surface area contributed by atoms with Crippen molar-refractivity contribution in [3.63, 3.8) is 0 Å². The van der Waals surface area contributed by atoms with Crippen molar-refractivity contribution in [2.45, 2.75) is 32.9 Å². The van der Waals surface area contributed by atoms with E-state index in [-0.39, 0.29) is 5.56 Å². The van der Waals surface area contributed by atoms with Gasteiger partial charge in [0, 0.05) is 17.9 Å². The van der Waals surface area contributed by atoms with Crippen molar-refractivity contribution in [2.75, 3.05) is 10.6 Å². The van der Waals surface area contributed by atoms with Gasteiger partial charge < -0.3 is 15.2 Å². The SMILES string of the molecule is CC(C)(C)OC(=O)Nc1ccc(NCc2ccc(C(=O)O)cc2)cc1. The van der Waals surface area contributed by atoms with Crippen molar-refractivity contribution in [1.29, 1.82) is 0 Å².